The Labute approximate surface area is 190 Å². The number of hydrogen-bond acceptors (Lipinski definition) is 5. The molecule has 7 nitrogen and oxygen atoms in total. The molecule has 3 rings (SSSR count). The highest BCUT2D eigenvalue weighted by Gasteiger charge is 2.41. The predicted molar refractivity (Wildman–Crippen MR) is 120 cm³/mol. The average Bonchev–Trinajstić information content (AvgIpc) is 2.77. The number of amides is 2. The van der Waals surface area contributed by atoms with Gasteiger partial charge < -0.3 is 24.2 Å². The third-order valence-corrected chi connectivity index (χ3v) is 6.49. The number of ether oxygens (including phenoxy) is 2. The van der Waals surface area contributed by atoms with E-state index in [1.54, 1.807) is 19.2 Å². The summed E-state index contributed by atoms with van der Waals surface area (Å²) in [6, 6.07) is 7.30. The van der Waals surface area contributed by atoms with Crippen LogP contribution in [0.1, 0.15) is 25.7 Å². The van der Waals surface area contributed by atoms with Crippen LogP contribution in [0.3, 0.4) is 0 Å². The standard InChI is InChI=1S/C23H34ClN3O4/c1-25-10-12-26(13-11-25)22(29)16-23(18-31-20-6-3-5-19(24)15-20)8-4-9-27(17-23)21(28)7-14-30-2/h3,5-6,15H,4,7-14,16-18H2,1-2H3. The monoisotopic (exact) mass is 451 g/mol. The van der Waals surface area contributed by atoms with Crippen LogP contribution in [0.25, 0.3) is 0 Å². The number of piperazine rings is 1. The van der Waals surface area contributed by atoms with Gasteiger partial charge in [0.25, 0.3) is 0 Å². The maximum atomic E-state index is 13.2. The van der Waals surface area contributed by atoms with Crippen molar-refractivity contribution < 1.29 is 19.1 Å². The van der Waals surface area contributed by atoms with Gasteiger partial charge in [0.15, 0.2) is 0 Å². The molecule has 0 aliphatic carbocycles. The van der Waals surface area contributed by atoms with E-state index in [1.165, 1.54) is 0 Å². The number of benzene rings is 1. The summed E-state index contributed by atoms with van der Waals surface area (Å²) >= 11 is 6.10. The van der Waals surface area contributed by atoms with Crippen molar-refractivity contribution in [3.63, 3.8) is 0 Å². The molecule has 1 unspecified atom stereocenters. The van der Waals surface area contributed by atoms with Gasteiger partial charge in [-0.05, 0) is 38.1 Å². The molecule has 1 atom stereocenters. The third kappa shape index (κ3) is 6.82. The van der Waals surface area contributed by atoms with Crippen molar-refractivity contribution in [3.05, 3.63) is 29.3 Å². The van der Waals surface area contributed by atoms with Crippen LogP contribution in [0.2, 0.25) is 5.02 Å². The van der Waals surface area contributed by atoms with Crippen LogP contribution in [-0.4, -0.2) is 93.2 Å². The second kappa shape index (κ2) is 11.2. The summed E-state index contributed by atoms with van der Waals surface area (Å²) in [6.45, 7) is 5.29. The Bertz CT molecular complexity index is 754. The van der Waals surface area contributed by atoms with Crippen LogP contribution in [0, 0.1) is 5.41 Å². The minimum atomic E-state index is -0.413. The number of rotatable bonds is 8. The average molecular weight is 452 g/mol. The summed E-state index contributed by atoms with van der Waals surface area (Å²) < 4.78 is 11.2. The van der Waals surface area contributed by atoms with Gasteiger partial charge in [0, 0.05) is 63.2 Å². The van der Waals surface area contributed by atoms with E-state index in [2.05, 4.69) is 11.9 Å². The molecular weight excluding hydrogens is 418 g/mol. The van der Waals surface area contributed by atoms with E-state index in [4.69, 9.17) is 21.1 Å². The zero-order chi connectivity index (χ0) is 22.3. The fourth-order valence-electron chi connectivity index (χ4n) is 4.36. The summed E-state index contributed by atoms with van der Waals surface area (Å²) in [5.74, 6) is 0.900. The Balaban J connectivity index is 1.72. The fourth-order valence-corrected chi connectivity index (χ4v) is 4.54. The molecule has 0 aromatic heterocycles. The molecule has 0 N–H and O–H groups in total. The summed E-state index contributed by atoms with van der Waals surface area (Å²) in [5.41, 5.74) is -0.413. The molecule has 0 spiro atoms. The molecule has 0 radical (unpaired) electrons. The van der Waals surface area contributed by atoms with Crippen molar-refractivity contribution in [1.29, 1.82) is 0 Å². The summed E-state index contributed by atoms with van der Waals surface area (Å²) in [5, 5.41) is 0.611. The number of piperidine rings is 1. The van der Waals surface area contributed by atoms with Crippen molar-refractivity contribution in [2.45, 2.75) is 25.7 Å². The largest absolute Gasteiger partial charge is 0.493 e. The number of likely N-dealkylation sites (N-methyl/N-ethyl adjacent to an activating group) is 1. The first kappa shape index (κ1) is 23.8. The third-order valence-electron chi connectivity index (χ3n) is 6.26. The Morgan fingerprint density at radius 1 is 1.10 bits per heavy atom. The molecule has 1 aromatic carbocycles. The van der Waals surface area contributed by atoms with Gasteiger partial charge in [-0.2, -0.15) is 0 Å². The molecule has 2 fully saturated rings. The highest BCUT2D eigenvalue weighted by atomic mass is 35.5. The number of likely N-dealkylation sites (tertiary alicyclic amines) is 1. The van der Waals surface area contributed by atoms with Gasteiger partial charge >= 0.3 is 0 Å². The molecule has 2 aliphatic heterocycles. The summed E-state index contributed by atoms with van der Waals surface area (Å²) in [6.07, 6.45) is 2.44. The number of halogens is 1. The van der Waals surface area contributed by atoms with Gasteiger partial charge in [0.05, 0.1) is 19.6 Å². The molecule has 2 aliphatic rings. The molecule has 2 heterocycles. The van der Waals surface area contributed by atoms with Crippen LogP contribution in [0.15, 0.2) is 24.3 Å². The number of methoxy groups -OCH3 is 1. The Kier molecular flexibility index (Phi) is 8.58. The van der Waals surface area contributed by atoms with Crippen molar-refractivity contribution in [2.75, 3.05) is 66.6 Å². The molecule has 2 saturated heterocycles. The maximum absolute atomic E-state index is 13.2. The van der Waals surface area contributed by atoms with E-state index in [0.717, 1.165) is 39.0 Å². The quantitative estimate of drug-likeness (QED) is 0.607. The molecule has 172 valence electrons. The molecule has 31 heavy (non-hydrogen) atoms. The van der Waals surface area contributed by atoms with Gasteiger partial charge in [0.2, 0.25) is 11.8 Å². The summed E-state index contributed by atoms with van der Waals surface area (Å²) in [7, 11) is 3.67. The summed E-state index contributed by atoms with van der Waals surface area (Å²) in [4.78, 5) is 31.9. The van der Waals surface area contributed by atoms with E-state index in [-0.39, 0.29) is 11.8 Å². The lowest BCUT2D eigenvalue weighted by Crippen LogP contribution is -2.53. The van der Waals surface area contributed by atoms with Crippen molar-refractivity contribution in [1.82, 2.24) is 14.7 Å². The van der Waals surface area contributed by atoms with Gasteiger partial charge in [-0.15, -0.1) is 0 Å². The minimum Gasteiger partial charge on any atom is -0.493 e. The maximum Gasteiger partial charge on any atom is 0.224 e. The van der Waals surface area contributed by atoms with Crippen LogP contribution in [0.4, 0.5) is 0 Å². The minimum absolute atomic E-state index is 0.0701. The highest BCUT2D eigenvalue weighted by molar-refractivity contribution is 6.30. The molecular formula is C23H34ClN3O4. The fraction of sp³-hybridized carbons (Fsp3) is 0.652. The SMILES string of the molecule is COCCC(=O)N1CCCC(COc2cccc(Cl)c2)(CC(=O)N2CCN(C)CC2)C1. The Hall–Kier alpha value is -1.83. The van der Waals surface area contributed by atoms with Crippen molar-refractivity contribution in [3.8, 4) is 5.75 Å². The first-order valence-corrected chi connectivity index (χ1v) is 11.4. The van der Waals surface area contributed by atoms with E-state index >= 15 is 0 Å². The van der Waals surface area contributed by atoms with Gasteiger partial charge in [-0.1, -0.05) is 17.7 Å². The molecule has 1 aromatic rings. The van der Waals surface area contributed by atoms with E-state index < -0.39 is 5.41 Å². The topological polar surface area (TPSA) is 62.3 Å². The number of carbonyl (C=O) groups is 2. The molecule has 0 saturated carbocycles. The van der Waals surface area contributed by atoms with Crippen LogP contribution >= 0.6 is 11.6 Å². The smallest absolute Gasteiger partial charge is 0.224 e. The first-order chi connectivity index (χ1) is 14.9. The van der Waals surface area contributed by atoms with Crippen LogP contribution in [-0.2, 0) is 14.3 Å². The molecule has 0 bridgehead atoms. The van der Waals surface area contributed by atoms with E-state index in [0.29, 0.717) is 49.9 Å². The van der Waals surface area contributed by atoms with Crippen LogP contribution in [0.5, 0.6) is 5.75 Å². The predicted octanol–water partition coefficient (Wildman–Crippen LogP) is 2.53. The second-order valence-electron chi connectivity index (χ2n) is 8.77. The zero-order valence-corrected chi connectivity index (χ0v) is 19.4. The van der Waals surface area contributed by atoms with Crippen molar-refractivity contribution in [2.24, 2.45) is 5.41 Å². The van der Waals surface area contributed by atoms with Gasteiger partial charge in [-0.25, -0.2) is 0 Å². The highest BCUT2D eigenvalue weighted by Crippen LogP contribution is 2.36. The first-order valence-electron chi connectivity index (χ1n) is 11.0. The Morgan fingerprint density at radius 2 is 1.87 bits per heavy atom. The zero-order valence-electron chi connectivity index (χ0n) is 18.6. The Morgan fingerprint density at radius 3 is 2.58 bits per heavy atom. The molecule has 8 heteroatoms. The molecule has 2 amide bonds. The number of hydrogen-bond donors (Lipinski definition) is 0. The lowest BCUT2D eigenvalue weighted by molar-refractivity contribution is -0.142. The normalized spacial score (nSPS) is 22.4. The second-order valence-corrected chi connectivity index (χ2v) is 9.20. The lowest BCUT2D eigenvalue weighted by Gasteiger charge is -2.43. The number of carbonyl (C=O) groups excluding carboxylic acids is 2. The van der Waals surface area contributed by atoms with Gasteiger partial charge in [0.1, 0.15) is 5.75 Å². The van der Waals surface area contributed by atoms with E-state index in [9.17, 15) is 9.59 Å². The van der Waals surface area contributed by atoms with Crippen molar-refractivity contribution >= 4 is 23.4 Å². The van der Waals surface area contributed by atoms with Crippen LogP contribution < -0.4 is 4.74 Å². The van der Waals surface area contributed by atoms with Gasteiger partial charge in [-0.3, -0.25) is 9.59 Å². The lowest BCUT2D eigenvalue weighted by atomic mass is 9.77. The van der Waals surface area contributed by atoms with E-state index in [1.807, 2.05) is 21.9 Å². The number of nitrogens with zero attached hydrogens (tertiary/aromatic N) is 3.